The van der Waals surface area contributed by atoms with Gasteiger partial charge in [-0.25, -0.2) is 15.0 Å². The lowest BCUT2D eigenvalue weighted by atomic mass is 9.98. The van der Waals surface area contributed by atoms with Gasteiger partial charge >= 0.3 is 0 Å². The molecule has 0 saturated carbocycles. The summed E-state index contributed by atoms with van der Waals surface area (Å²) in [5.74, 6) is 1.82. The van der Waals surface area contributed by atoms with Crippen LogP contribution in [-0.4, -0.2) is 24.9 Å². The fourth-order valence-electron chi connectivity index (χ4n) is 4.92. The molecule has 0 N–H and O–H groups in total. The molecule has 42 heavy (non-hydrogen) atoms. The number of hydrogen-bond acceptors (Lipinski definition) is 5. The lowest BCUT2D eigenvalue weighted by Gasteiger charge is -2.12. The minimum Gasteiger partial charge on any atom is -0.256 e. The molecule has 0 bridgehead atoms. The summed E-state index contributed by atoms with van der Waals surface area (Å²) < 4.78 is 0. The molecule has 0 unspecified atom stereocenters. The summed E-state index contributed by atoms with van der Waals surface area (Å²) in [7, 11) is 0. The number of nitrogens with zero attached hydrogens (tertiary/aromatic N) is 5. The number of hydrogen-bond donors (Lipinski definition) is 0. The van der Waals surface area contributed by atoms with E-state index in [1.165, 1.54) is 0 Å². The average molecular weight is 540 g/mol. The molecule has 0 aliphatic heterocycles. The molecule has 7 aromatic rings. The second-order valence-corrected chi connectivity index (χ2v) is 9.85. The Bertz CT molecular complexity index is 1900. The van der Waals surface area contributed by atoms with Crippen molar-refractivity contribution >= 4 is 0 Å². The van der Waals surface area contributed by atoms with Crippen LogP contribution in [0.3, 0.4) is 0 Å². The van der Waals surface area contributed by atoms with Crippen molar-refractivity contribution < 1.29 is 0 Å². The molecule has 7 rings (SSSR count). The minimum atomic E-state index is 0.584. The number of benzene rings is 4. The molecule has 3 aromatic heterocycles. The maximum absolute atomic E-state index is 4.97. The van der Waals surface area contributed by atoms with E-state index in [0.29, 0.717) is 17.5 Å². The van der Waals surface area contributed by atoms with E-state index in [4.69, 9.17) is 19.9 Å². The van der Waals surface area contributed by atoms with Crippen LogP contribution in [0.2, 0.25) is 0 Å². The average Bonchev–Trinajstić information content (AvgIpc) is 3.09. The van der Waals surface area contributed by atoms with Gasteiger partial charge in [-0.3, -0.25) is 9.97 Å². The van der Waals surface area contributed by atoms with E-state index in [9.17, 15) is 0 Å². The first-order valence-corrected chi connectivity index (χ1v) is 13.8. The van der Waals surface area contributed by atoms with Crippen molar-refractivity contribution in [2.75, 3.05) is 0 Å². The first-order valence-electron chi connectivity index (χ1n) is 13.8. The molecule has 0 amide bonds. The Labute approximate surface area is 244 Å². The molecule has 0 atom stereocenters. The maximum Gasteiger partial charge on any atom is 0.164 e. The first kappa shape index (κ1) is 25.2. The number of rotatable bonds is 6. The van der Waals surface area contributed by atoms with Gasteiger partial charge in [-0.1, -0.05) is 97.1 Å². The fraction of sp³-hybridized carbons (Fsp3) is 0. The molecule has 3 heterocycles. The van der Waals surface area contributed by atoms with Gasteiger partial charge in [0, 0.05) is 40.2 Å². The van der Waals surface area contributed by atoms with E-state index in [-0.39, 0.29) is 0 Å². The van der Waals surface area contributed by atoms with Gasteiger partial charge in [-0.15, -0.1) is 0 Å². The normalized spacial score (nSPS) is 10.9. The highest BCUT2D eigenvalue weighted by atomic mass is 15.0. The van der Waals surface area contributed by atoms with Crippen LogP contribution in [-0.2, 0) is 0 Å². The van der Waals surface area contributed by atoms with Gasteiger partial charge in [-0.05, 0) is 53.6 Å². The molecule has 5 nitrogen and oxygen atoms in total. The molecule has 5 heteroatoms. The number of aromatic nitrogens is 5. The topological polar surface area (TPSA) is 64.5 Å². The van der Waals surface area contributed by atoms with E-state index in [1.807, 2.05) is 109 Å². The van der Waals surface area contributed by atoms with Crippen molar-refractivity contribution in [1.29, 1.82) is 0 Å². The van der Waals surface area contributed by atoms with E-state index < -0.39 is 0 Å². The zero-order valence-electron chi connectivity index (χ0n) is 22.7. The van der Waals surface area contributed by atoms with E-state index >= 15 is 0 Å². The highest BCUT2D eigenvalue weighted by Crippen LogP contribution is 2.33. The lowest BCUT2D eigenvalue weighted by Crippen LogP contribution is -2.00. The molecule has 198 valence electrons. The second-order valence-electron chi connectivity index (χ2n) is 9.85. The van der Waals surface area contributed by atoms with Crippen molar-refractivity contribution in [2.45, 2.75) is 0 Å². The summed E-state index contributed by atoms with van der Waals surface area (Å²) >= 11 is 0. The highest BCUT2D eigenvalue weighted by molar-refractivity contribution is 5.80. The zero-order valence-corrected chi connectivity index (χ0v) is 22.7. The van der Waals surface area contributed by atoms with Crippen LogP contribution in [0, 0.1) is 0 Å². The first-order chi connectivity index (χ1) is 20.8. The summed E-state index contributed by atoms with van der Waals surface area (Å²) in [5.41, 5.74) is 8.58. The molecule has 4 aromatic carbocycles. The molecule has 0 radical (unpaired) electrons. The van der Waals surface area contributed by atoms with Crippen LogP contribution in [0.1, 0.15) is 0 Å². The van der Waals surface area contributed by atoms with Crippen molar-refractivity contribution in [2.24, 2.45) is 0 Å². The van der Waals surface area contributed by atoms with E-state index in [2.05, 4.69) is 41.4 Å². The maximum atomic E-state index is 4.97. The third kappa shape index (κ3) is 5.31. The van der Waals surface area contributed by atoms with E-state index in [1.54, 1.807) is 6.20 Å². The highest BCUT2D eigenvalue weighted by Gasteiger charge is 2.15. The predicted octanol–water partition coefficient (Wildman–Crippen LogP) is 8.66. The number of pyridine rings is 2. The largest absolute Gasteiger partial charge is 0.256 e. The summed E-state index contributed by atoms with van der Waals surface area (Å²) in [6, 6.07) is 46.7. The summed E-state index contributed by atoms with van der Waals surface area (Å²) in [6.07, 6.45) is 3.66. The summed E-state index contributed by atoms with van der Waals surface area (Å²) in [5, 5.41) is 0. The molecule has 0 saturated heterocycles. The van der Waals surface area contributed by atoms with Crippen molar-refractivity contribution in [3.8, 4) is 67.8 Å². The van der Waals surface area contributed by atoms with Crippen molar-refractivity contribution in [3.05, 3.63) is 152 Å². The quantitative estimate of drug-likeness (QED) is 0.212. The zero-order chi connectivity index (χ0) is 28.1. The van der Waals surface area contributed by atoms with Crippen LogP contribution >= 0.6 is 0 Å². The van der Waals surface area contributed by atoms with Crippen molar-refractivity contribution in [3.63, 3.8) is 0 Å². The predicted molar refractivity (Wildman–Crippen MR) is 168 cm³/mol. The van der Waals surface area contributed by atoms with Crippen LogP contribution < -0.4 is 0 Å². The third-order valence-electron chi connectivity index (χ3n) is 7.01. The Kier molecular flexibility index (Phi) is 6.81. The Morgan fingerprint density at radius 3 is 1.33 bits per heavy atom. The van der Waals surface area contributed by atoms with Gasteiger partial charge in [0.1, 0.15) is 0 Å². The smallest absolute Gasteiger partial charge is 0.164 e. The monoisotopic (exact) mass is 539 g/mol. The summed E-state index contributed by atoms with van der Waals surface area (Å²) in [6.45, 7) is 0. The Hall–Kier alpha value is -5.81. The van der Waals surface area contributed by atoms with Crippen molar-refractivity contribution in [1.82, 2.24) is 24.9 Å². The molecule has 0 fully saturated rings. The fourth-order valence-corrected chi connectivity index (χ4v) is 4.92. The second kappa shape index (κ2) is 11.4. The lowest BCUT2D eigenvalue weighted by molar-refractivity contribution is 1.07. The summed E-state index contributed by atoms with van der Waals surface area (Å²) in [4.78, 5) is 24.2. The van der Waals surface area contributed by atoms with Gasteiger partial charge < -0.3 is 0 Å². The van der Waals surface area contributed by atoms with Gasteiger partial charge in [0.15, 0.2) is 17.5 Å². The SMILES string of the molecule is c1ccc(-c2ccnc(-c3cc(-c4ccccn4)cc(-c4nc(-c5ccccc5)nc(-c5ccccc5)n4)c3)c2)cc1. The van der Waals surface area contributed by atoms with Crippen LogP contribution in [0.4, 0.5) is 0 Å². The van der Waals surface area contributed by atoms with Crippen LogP contribution in [0.15, 0.2) is 152 Å². The molecule has 0 spiro atoms. The van der Waals surface area contributed by atoms with Crippen LogP contribution in [0.25, 0.3) is 67.8 Å². The van der Waals surface area contributed by atoms with Crippen LogP contribution in [0.5, 0.6) is 0 Å². The minimum absolute atomic E-state index is 0.584. The standard InChI is InChI=1S/C37H25N5/c1-4-12-26(13-5-1)29-19-21-39-34(25-29)31-22-30(33-18-10-11-20-38-33)23-32(24-31)37-41-35(27-14-6-2-7-15-27)40-36(42-37)28-16-8-3-9-17-28/h1-25H. The Morgan fingerprint density at radius 2 is 0.762 bits per heavy atom. The molecular weight excluding hydrogens is 514 g/mol. The van der Waals surface area contributed by atoms with Gasteiger partial charge in [0.05, 0.1) is 11.4 Å². The van der Waals surface area contributed by atoms with E-state index in [0.717, 1.165) is 50.3 Å². The van der Waals surface area contributed by atoms with Gasteiger partial charge in [0.25, 0.3) is 0 Å². The molecule has 0 aliphatic carbocycles. The Balaban J connectivity index is 1.43. The molecule has 0 aliphatic rings. The van der Waals surface area contributed by atoms with Gasteiger partial charge in [0.2, 0.25) is 0 Å². The van der Waals surface area contributed by atoms with Gasteiger partial charge in [-0.2, -0.15) is 0 Å². The Morgan fingerprint density at radius 1 is 0.286 bits per heavy atom. The molecular formula is C37H25N5. The third-order valence-corrected chi connectivity index (χ3v) is 7.01.